The van der Waals surface area contributed by atoms with Gasteiger partial charge in [0.1, 0.15) is 6.61 Å². The van der Waals surface area contributed by atoms with Crippen LogP contribution in [0, 0.1) is 0 Å². The molecule has 1 aromatic carbocycles. The topological polar surface area (TPSA) is 75.6 Å². The summed E-state index contributed by atoms with van der Waals surface area (Å²) in [5.74, 6) is -1.10. The summed E-state index contributed by atoms with van der Waals surface area (Å²) in [4.78, 5) is 21.9. The van der Waals surface area contributed by atoms with E-state index < -0.39 is 17.4 Å². The molecule has 92 valence electrons. The SMILES string of the molecule is CSC(NC(=O)OCc1ccccc1)C(=O)O. The zero-order valence-electron chi connectivity index (χ0n) is 9.25. The predicted octanol–water partition coefficient (Wildman–Crippen LogP) is 1.69. The van der Waals surface area contributed by atoms with Crippen LogP contribution in [0.5, 0.6) is 0 Å². The molecule has 0 bridgehead atoms. The van der Waals surface area contributed by atoms with Crippen LogP contribution in [-0.4, -0.2) is 28.8 Å². The van der Waals surface area contributed by atoms with Crippen molar-refractivity contribution in [1.82, 2.24) is 5.32 Å². The fourth-order valence-electron chi connectivity index (χ4n) is 1.09. The second kappa shape index (κ2) is 6.80. The number of alkyl carbamates (subject to hydrolysis) is 1. The lowest BCUT2D eigenvalue weighted by atomic mass is 10.2. The van der Waals surface area contributed by atoms with E-state index in [2.05, 4.69) is 5.32 Å². The number of rotatable bonds is 5. The highest BCUT2D eigenvalue weighted by atomic mass is 32.2. The average molecular weight is 255 g/mol. The number of carboxylic acid groups (broad SMARTS) is 1. The lowest BCUT2D eigenvalue weighted by molar-refractivity contribution is -0.136. The standard InChI is InChI=1S/C11H13NO4S/c1-17-9(10(13)14)12-11(15)16-7-8-5-3-2-4-6-8/h2-6,9H,7H2,1H3,(H,12,15)(H,13,14). The number of aliphatic carboxylic acids is 1. The maximum atomic E-state index is 11.3. The Balaban J connectivity index is 2.37. The van der Waals surface area contributed by atoms with Crippen LogP contribution in [0.25, 0.3) is 0 Å². The van der Waals surface area contributed by atoms with Crippen LogP contribution in [-0.2, 0) is 16.1 Å². The fourth-order valence-corrected chi connectivity index (χ4v) is 1.51. The van der Waals surface area contributed by atoms with Crippen LogP contribution in [0.1, 0.15) is 5.56 Å². The molecule has 0 heterocycles. The van der Waals surface area contributed by atoms with Crippen molar-refractivity contribution in [2.75, 3.05) is 6.26 Å². The van der Waals surface area contributed by atoms with E-state index in [-0.39, 0.29) is 6.61 Å². The van der Waals surface area contributed by atoms with E-state index in [1.54, 1.807) is 6.26 Å². The highest BCUT2D eigenvalue weighted by Gasteiger charge is 2.18. The van der Waals surface area contributed by atoms with Crippen molar-refractivity contribution < 1.29 is 19.4 Å². The molecule has 0 aliphatic carbocycles. The van der Waals surface area contributed by atoms with Gasteiger partial charge < -0.3 is 9.84 Å². The third-order valence-corrected chi connectivity index (χ3v) is 2.71. The van der Waals surface area contributed by atoms with Crippen molar-refractivity contribution in [3.63, 3.8) is 0 Å². The summed E-state index contributed by atoms with van der Waals surface area (Å²) in [5.41, 5.74) is 0.846. The molecule has 2 N–H and O–H groups in total. The summed E-state index contributed by atoms with van der Waals surface area (Å²) in [7, 11) is 0. The van der Waals surface area contributed by atoms with E-state index in [0.717, 1.165) is 17.3 Å². The number of benzene rings is 1. The third kappa shape index (κ3) is 4.78. The first-order valence-corrected chi connectivity index (χ1v) is 6.15. The Morgan fingerprint density at radius 2 is 2.06 bits per heavy atom. The summed E-state index contributed by atoms with van der Waals surface area (Å²) in [5, 5.41) is 9.97. The van der Waals surface area contributed by atoms with Gasteiger partial charge in [-0.3, -0.25) is 5.32 Å². The van der Waals surface area contributed by atoms with Gasteiger partial charge in [0.15, 0.2) is 5.37 Å². The first-order valence-electron chi connectivity index (χ1n) is 4.86. The molecular formula is C11H13NO4S. The van der Waals surface area contributed by atoms with Crippen LogP contribution >= 0.6 is 11.8 Å². The molecule has 5 nitrogen and oxygen atoms in total. The third-order valence-electron chi connectivity index (χ3n) is 1.92. The Morgan fingerprint density at radius 3 is 2.59 bits per heavy atom. The van der Waals surface area contributed by atoms with Crippen molar-refractivity contribution in [2.24, 2.45) is 0 Å². The molecule has 1 amide bonds. The van der Waals surface area contributed by atoms with E-state index in [0.29, 0.717) is 0 Å². The number of carbonyl (C=O) groups excluding carboxylic acids is 1. The quantitative estimate of drug-likeness (QED) is 0.783. The number of amides is 1. The molecular weight excluding hydrogens is 242 g/mol. The molecule has 17 heavy (non-hydrogen) atoms. The van der Waals surface area contributed by atoms with Gasteiger partial charge in [0.05, 0.1) is 0 Å². The van der Waals surface area contributed by atoms with Gasteiger partial charge in [-0.15, -0.1) is 11.8 Å². The molecule has 1 unspecified atom stereocenters. The molecule has 0 aliphatic rings. The zero-order chi connectivity index (χ0) is 12.7. The summed E-state index contributed by atoms with van der Waals surface area (Å²) >= 11 is 1.02. The van der Waals surface area contributed by atoms with Crippen molar-refractivity contribution in [1.29, 1.82) is 0 Å². The molecule has 0 aliphatic heterocycles. The summed E-state index contributed by atoms with van der Waals surface area (Å²) in [6, 6.07) is 9.15. The molecule has 1 atom stereocenters. The Kier molecular flexibility index (Phi) is 5.35. The number of nitrogens with one attached hydrogen (secondary N) is 1. The fraction of sp³-hybridized carbons (Fsp3) is 0.273. The first kappa shape index (κ1) is 13.4. The van der Waals surface area contributed by atoms with Gasteiger partial charge in [0.25, 0.3) is 0 Å². The van der Waals surface area contributed by atoms with Gasteiger partial charge >= 0.3 is 12.1 Å². The molecule has 0 saturated carbocycles. The summed E-state index contributed by atoms with van der Waals surface area (Å²) < 4.78 is 4.88. The molecule has 6 heteroatoms. The largest absolute Gasteiger partial charge is 0.479 e. The minimum atomic E-state index is -1.10. The Hall–Kier alpha value is -1.69. The summed E-state index contributed by atoms with van der Waals surface area (Å²) in [6.45, 7) is 0.118. The molecule has 1 aromatic rings. The van der Waals surface area contributed by atoms with Crippen LogP contribution in [0.15, 0.2) is 30.3 Å². The van der Waals surface area contributed by atoms with E-state index >= 15 is 0 Å². The van der Waals surface area contributed by atoms with Crippen molar-refractivity contribution in [3.05, 3.63) is 35.9 Å². The second-order valence-corrected chi connectivity index (χ2v) is 4.10. The van der Waals surface area contributed by atoms with Gasteiger partial charge in [-0.05, 0) is 11.8 Å². The van der Waals surface area contributed by atoms with Crippen LogP contribution < -0.4 is 5.32 Å². The Morgan fingerprint density at radius 1 is 1.41 bits per heavy atom. The van der Waals surface area contributed by atoms with Crippen LogP contribution in [0.3, 0.4) is 0 Å². The molecule has 0 aromatic heterocycles. The lowest BCUT2D eigenvalue weighted by Crippen LogP contribution is -2.38. The van der Waals surface area contributed by atoms with Gasteiger partial charge in [-0.25, -0.2) is 9.59 Å². The average Bonchev–Trinajstić information content (AvgIpc) is 2.34. The zero-order valence-corrected chi connectivity index (χ0v) is 10.1. The molecule has 0 radical (unpaired) electrons. The minimum absolute atomic E-state index is 0.118. The van der Waals surface area contributed by atoms with Crippen LogP contribution in [0.2, 0.25) is 0 Å². The Labute approximate surface area is 103 Å². The maximum Gasteiger partial charge on any atom is 0.408 e. The highest BCUT2D eigenvalue weighted by Crippen LogP contribution is 2.04. The predicted molar refractivity (Wildman–Crippen MR) is 64.7 cm³/mol. The smallest absolute Gasteiger partial charge is 0.408 e. The highest BCUT2D eigenvalue weighted by molar-refractivity contribution is 7.99. The van der Waals surface area contributed by atoms with Crippen molar-refractivity contribution >= 4 is 23.8 Å². The van der Waals surface area contributed by atoms with E-state index in [4.69, 9.17) is 9.84 Å². The number of ether oxygens (including phenoxy) is 1. The van der Waals surface area contributed by atoms with Gasteiger partial charge in [-0.2, -0.15) is 0 Å². The van der Waals surface area contributed by atoms with Gasteiger partial charge in [0.2, 0.25) is 0 Å². The maximum absolute atomic E-state index is 11.3. The van der Waals surface area contributed by atoms with Gasteiger partial charge in [0, 0.05) is 0 Å². The number of hydrogen-bond donors (Lipinski definition) is 2. The number of hydrogen-bond acceptors (Lipinski definition) is 4. The first-order chi connectivity index (χ1) is 8.13. The monoisotopic (exact) mass is 255 g/mol. The number of thioether (sulfide) groups is 1. The number of carbonyl (C=O) groups is 2. The molecule has 1 rings (SSSR count). The minimum Gasteiger partial charge on any atom is -0.479 e. The van der Waals surface area contributed by atoms with Crippen molar-refractivity contribution in [3.8, 4) is 0 Å². The van der Waals surface area contributed by atoms with Crippen LogP contribution in [0.4, 0.5) is 4.79 Å². The molecule has 0 spiro atoms. The normalized spacial score (nSPS) is 11.6. The van der Waals surface area contributed by atoms with Gasteiger partial charge in [-0.1, -0.05) is 30.3 Å². The lowest BCUT2D eigenvalue weighted by Gasteiger charge is -2.11. The number of carboxylic acids is 1. The molecule has 0 fully saturated rings. The van der Waals surface area contributed by atoms with Crippen molar-refractivity contribution in [2.45, 2.75) is 12.0 Å². The Bertz CT molecular complexity index is 382. The van der Waals surface area contributed by atoms with E-state index in [9.17, 15) is 9.59 Å². The summed E-state index contributed by atoms with van der Waals surface area (Å²) in [6.07, 6.45) is 0.853. The van der Waals surface area contributed by atoms with E-state index in [1.165, 1.54) is 0 Å². The van der Waals surface area contributed by atoms with E-state index in [1.807, 2.05) is 30.3 Å². The molecule has 0 saturated heterocycles. The second-order valence-electron chi connectivity index (χ2n) is 3.16.